The van der Waals surface area contributed by atoms with Gasteiger partial charge in [-0.05, 0) is 48.2 Å². The summed E-state index contributed by atoms with van der Waals surface area (Å²) in [6, 6.07) is 12.0. The van der Waals surface area contributed by atoms with Crippen LogP contribution >= 0.6 is 48.0 Å². The zero-order valence-electron chi connectivity index (χ0n) is 19.0. The van der Waals surface area contributed by atoms with Gasteiger partial charge in [0.25, 0.3) is 0 Å². The molecule has 8 heteroatoms. The van der Waals surface area contributed by atoms with Crippen LogP contribution in [0.4, 0.5) is 0 Å². The maximum Gasteiger partial charge on any atom is 0.126 e. The Morgan fingerprint density at radius 3 is 2.33 bits per heavy atom. The Labute approximate surface area is 219 Å². The number of nitrogens with one attached hydrogen (secondary N) is 1. The molecule has 2 N–H and O–H groups in total. The molecule has 1 atom stereocenters. The van der Waals surface area contributed by atoms with Crippen LogP contribution in [0.2, 0.25) is 10.0 Å². The summed E-state index contributed by atoms with van der Waals surface area (Å²) < 4.78 is 5.67. The van der Waals surface area contributed by atoms with E-state index in [1.165, 1.54) is 6.42 Å². The van der Waals surface area contributed by atoms with E-state index in [-0.39, 0.29) is 30.7 Å². The van der Waals surface area contributed by atoms with Crippen LogP contribution in [0.1, 0.15) is 43.6 Å². The highest BCUT2D eigenvalue weighted by Crippen LogP contribution is 2.43. The van der Waals surface area contributed by atoms with Crippen LogP contribution in [0.3, 0.4) is 0 Å². The average molecular weight is 536 g/mol. The van der Waals surface area contributed by atoms with Gasteiger partial charge in [0.15, 0.2) is 0 Å². The van der Waals surface area contributed by atoms with E-state index in [1.54, 1.807) is 7.11 Å². The second kappa shape index (κ2) is 12.8. The molecule has 1 heterocycles. The highest BCUT2D eigenvalue weighted by Gasteiger charge is 2.40. The minimum atomic E-state index is -0.674. The van der Waals surface area contributed by atoms with Crippen LogP contribution in [0, 0.1) is 0 Å². The Morgan fingerprint density at radius 2 is 1.70 bits per heavy atom. The molecule has 0 amide bonds. The van der Waals surface area contributed by atoms with Gasteiger partial charge in [0.05, 0.1) is 22.8 Å². The highest BCUT2D eigenvalue weighted by molar-refractivity contribution is 6.42. The van der Waals surface area contributed by atoms with Crippen molar-refractivity contribution in [3.05, 3.63) is 52.0 Å². The number of piperazine rings is 1. The molecule has 4 nitrogen and oxygen atoms in total. The fourth-order valence-corrected chi connectivity index (χ4v) is 5.38. The van der Waals surface area contributed by atoms with Crippen LogP contribution in [-0.2, 0) is 0 Å². The maximum absolute atomic E-state index is 11.8. The highest BCUT2D eigenvalue weighted by atomic mass is 35.5. The lowest BCUT2D eigenvalue weighted by Gasteiger charge is -2.42. The van der Waals surface area contributed by atoms with Gasteiger partial charge < -0.3 is 20.1 Å². The second-order valence-electron chi connectivity index (χ2n) is 8.86. The van der Waals surface area contributed by atoms with Gasteiger partial charge in [-0.25, -0.2) is 0 Å². The minimum Gasteiger partial charge on any atom is -0.496 e. The van der Waals surface area contributed by atoms with Gasteiger partial charge in [-0.1, -0.05) is 54.6 Å². The van der Waals surface area contributed by atoms with Crippen molar-refractivity contribution < 1.29 is 9.84 Å². The smallest absolute Gasteiger partial charge is 0.126 e. The van der Waals surface area contributed by atoms with E-state index in [9.17, 15) is 5.11 Å². The predicted molar refractivity (Wildman–Crippen MR) is 143 cm³/mol. The molecule has 2 aromatic rings. The predicted octanol–water partition coefficient (Wildman–Crippen LogP) is 6.20. The number of halogens is 4. The zero-order chi connectivity index (χ0) is 21.8. The van der Waals surface area contributed by atoms with E-state index in [1.807, 2.05) is 24.3 Å². The van der Waals surface area contributed by atoms with Crippen molar-refractivity contribution in [2.24, 2.45) is 0 Å². The van der Waals surface area contributed by atoms with Crippen molar-refractivity contribution in [2.75, 3.05) is 39.8 Å². The first-order valence-electron chi connectivity index (χ1n) is 11.3. The van der Waals surface area contributed by atoms with Crippen LogP contribution in [-0.4, -0.2) is 55.4 Å². The van der Waals surface area contributed by atoms with Crippen molar-refractivity contribution in [3.63, 3.8) is 0 Å². The van der Waals surface area contributed by atoms with Crippen molar-refractivity contribution in [3.8, 4) is 16.9 Å². The molecule has 4 rings (SSSR count). The standard InChI is InChI=1S/C25H32Cl2N2O2.2ClH/c1-31-24-8-6-19(15-20(24)18-5-7-22(26)23(27)16-18)21(17-29-13-11-28-12-14-29)25(30)9-3-2-4-10-25;;/h5-8,15-16,21,28,30H,2-4,9-14,17H2,1H3;2*1H. The number of hydrogen-bond acceptors (Lipinski definition) is 4. The average Bonchev–Trinajstić information content (AvgIpc) is 2.80. The van der Waals surface area contributed by atoms with E-state index < -0.39 is 5.60 Å². The Kier molecular flexibility index (Phi) is 11.1. The Morgan fingerprint density at radius 1 is 1.00 bits per heavy atom. The molecule has 1 aliphatic heterocycles. The number of methoxy groups -OCH3 is 1. The molecule has 33 heavy (non-hydrogen) atoms. The molecule has 1 unspecified atom stereocenters. The number of rotatable bonds is 6. The molecule has 2 fully saturated rings. The van der Waals surface area contributed by atoms with Gasteiger partial charge in [-0.3, -0.25) is 0 Å². The quantitative estimate of drug-likeness (QED) is 0.462. The molecule has 1 saturated carbocycles. The van der Waals surface area contributed by atoms with Gasteiger partial charge in [-0.2, -0.15) is 0 Å². The van der Waals surface area contributed by atoms with Gasteiger partial charge in [0.1, 0.15) is 5.75 Å². The van der Waals surface area contributed by atoms with E-state index >= 15 is 0 Å². The van der Waals surface area contributed by atoms with E-state index in [2.05, 4.69) is 22.3 Å². The van der Waals surface area contributed by atoms with Crippen LogP contribution < -0.4 is 10.1 Å². The van der Waals surface area contributed by atoms with Crippen molar-refractivity contribution in [1.82, 2.24) is 10.2 Å². The molecule has 0 spiro atoms. The SMILES string of the molecule is COc1ccc(C(CN2CCNCC2)C2(O)CCCCC2)cc1-c1ccc(Cl)c(Cl)c1.Cl.Cl. The number of benzene rings is 2. The fraction of sp³-hybridized carbons (Fsp3) is 0.520. The summed E-state index contributed by atoms with van der Waals surface area (Å²) in [7, 11) is 1.68. The van der Waals surface area contributed by atoms with Crippen molar-refractivity contribution in [2.45, 2.75) is 43.6 Å². The molecule has 1 aliphatic carbocycles. The number of nitrogens with zero attached hydrogens (tertiary/aromatic N) is 1. The number of aliphatic hydroxyl groups is 1. The summed E-state index contributed by atoms with van der Waals surface area (Å²) in [5, 5.41) is 16.3. The lowest BCUT2D eigenvalue weighted by Crippen LogP contribution is -2.49. The molecular weight excluding hydrogens is 502 g/mol. The summed E-state index contributed by atoms with van der Waals surface area (Å²) in [6.45, 7) is 4.90. The second-order valence-corrected chi connectivity index (χ2v) is 9.67. The van der Waals surface area contributed by atoms with Gasteiger partial charge in [-0.15, -0.1) is 24.8 Å². The molecule has 184 valence electrons. The first-order valence-corrected chi connectivity index (χ1v) is 12.0. The Hall–Kier alpha value is -0.720. The first-order chi connectivity index (χ1) is 15.0. The molecule has 0 aromatic heterocycles. The fourth-order valence-electron chi connectivity index (χ4n) is 5.08. The summed E-state index contributed by atoms with van der Waals surface area (Å²) in [6.07, 6.45) is 5.10. The van der Waals surface area contributed by atoms with Crippen LogP contribution in [0.5, 0.6) is 5.75 Å². The molecule has 1 saturated heterocycles. The molecule has 2 aliphatic rings. The van der Waals surface area contributed by atoms with Gasteiger partial charge in [0, 0.05) is 44.2 Å². The Balaban J connectivity index is 0.00000193. The number of ether oxygens (including phenoxy) is 1. The van der Waals surface area contributed by atoms with Crippen LogP contribution in [0.25, 0.3) is 11.1 Å². The first kappa shape index (κ1) is 28.5. The van der Waals surface area contributed by atoms with E-state index in [4.69, 9.17) is 27.9 Å². The summed E-state index contributed by atoms with van der Waals surface area (Å²) >= 11 is 12.5. The van der Waals surface area contributed by atoms with Gasteiger partial charge >= 0.3 is 0 Å². The monoisotopic (exact) mass is 534 g/mol. The molecule has 0 radical (unpaired) electrons. The van der Waals surface area contributed by atoms with E-state index in [0.29, 0.717) is 10.0 Å². The summed E-state index contributed by atoms with van der Waals surface area (Å²) in [5.41, 5.74) is 2.42. The Bertz CT molecular complexity index is 900. The summed E-state index contributed by atoms with van der Waals surface area (Å²) in [5.74, 6) is 0.844. The molecular formula is C25H34Cl4N2O2. The minimum absolute atomic E-state index is 0. The largest absolute Gasteiger partial charge is 0.496 e. The third kappa shape index (κ3) is 6.70. The topological polar surface area (TPSA) is 44.7 Å². The molecule has 0 bridgehead atoms. The third-order valence-electron chi connectivity index (χ3n) is 6.87. The van der Waals surface area contributed by atoms with Crippen molar-refractivity contribution >= 4 is 48.0 Å². The van der Waals surface area contributed by atoms with E-state index in [0.717, 1.165) is 80.8 Å². The maximum atomic E-state index is 11.8. The number of hydrogen-bond donors (Lipinski definition) is 2. The lowest BCUT2D eigenvalue weighted by molar-refractivity contribution is -0.0316. The van der Waals surface area contributed by atoms with Gasteiger partial charge in [0.2, 0.25) is 0 Å². The van der Waals surface area contributed by atoms with Crippen LogP contribution in [0.15, 0.2) is 36.4 Å². The molecule has 2 aromatic carbocycles. The zero-order valence-corrected chi connectivity index (χ0v) is 22.1. The third-order valence-corrected chi connectivity index (χ3v) is 7.61. The summed E-state index contributed by atoms with van der Waals surface area (Å²) in [4.78, 5) is 2.48. The lowest BCUT2D eigenvalue weighted by atomic mass is 9.72. The van der Waals surface area contributed by atoms with Crippen molar-refractivity contribution in [1.29, 1.82) is 0 Å². The normalized spacial score (nSPS) is 19.2.